The molecule has 1 spiro atoms. The Labute approximate surface area is 196 Å². The van der Waals surface area contributed by atoms with Crippen LogP contribution in [-0.4, -0.2) is 47.1 Å². The molecule has 1 aliphatic heterocycles. The summed E-state index contributed by atoms with van der Waals surface area (Å²) in [6.07, 6.45) is 11.3. The second-order valence-corrected chi connectivity index (χ2v) is 9.75. The minimum atomic E-state index is -0.0362. The van der Waals surface area contributed by atoms with Gasteiger partial charge in [-0.15, -0.1) is 0 Å². The van der Waals surface area contributed by atoms with Crippen LogP contribution in [-0.2, 0) is 18.8 Å². The Hall–Kier alpha value is -3.53. The topological polar surface area (TPSA) is 105 Å². The lowest BCUT2D eigenvalue weighted by atomic mass is 9.71. The van der Waals surface area contributed by atoms with Crippen molar-refractivity contribution in [1.29, 1.82) is 0 Å². The maximum absolute atomic E-state index is 13.1. The van der Waals surface area contributed by atoms with Crippen molar-refractivity contribution < 1.29 is 4.74 Å². The highest BCUT2D eigenvalue weighted by atomic mass is 16.5. The Balaban J connectivity index is 1.30. The summed E-state index contributed by atoms with van der Waals surface area (Å²) in [5.74, 6) is 0.450. The number of pyridine rings is 1. The Morgan fingerprint density at radius 3 is 2.56 bits per heavy atom. The molecule has 1 aliphatic carbocycles. The van der Waals surface area contributed by atoms with E-state index in [0.29, 0.717) is 17.0 Å². The van der Waals surface area contributed by atoms with Gasteiger partial charge < -0.3 is 10.1 Å². The molecule has 176 valence electrons. The predicted octanol–water partition coefficient (Wildman–Crippen LogP) is 3.11. The van der Waals surface area contributed by atoms with Gasteiger partial charge in [0.05, 0.1) is 43.2 Å². The van der Waals surface area contributed by atoms with Gasteiger partial charge in [0.15, 0.2) is 5.65 Å². The van der Waals surface area contributed by atoms with Gasteiger partial charge in [0.25, 0.3) is 0 Å². The minimum Gasteiger partial charge on any atom is -0.380 e. The van der Waals surface area contributed by atoms with Crippen molar-refractivity contribution in [2.45, 2.75) is 38.6 Å². The Morgan fingerprint density at radius 2 is 1.91 bits per heavy atom. The van der Waals surface area contributed by atoms with Gasteiger partial charge in [-0.25, -0.2) is 9.78 Å². The molecule has 0 aromatic carbocycles. The van der Waals surface area contributed by atoms with Crippen molar-refractivity contribution >= 4 is 22.8 Å². The summed E-state index contributed by atoms with van der Waals surface area (Å²) in [7, 11) is 3.67. The van der Waals surface area contributed by atoms with E-state index < -0.39 is 0 Å². The number of nitrogens with zero attached hydrogens (tertiary/aromatic N) is 7. The van der Waals surface area contributed by atoms with Crippen LogP contribution in [0, 0.1) is 12.3 Å². The summed E-state index contributed by atoms with van der Waals surface area (Å²) < 4.78 is 10.7. The summed E-state index contributed by atoms with van der Waals surface area (Å²) in [6.45, 7) is 3.73. The molecular weight excluding hydrogens is 432 g/mol. The number of hydrogen-bond donors (Lipinski definition) is 1. The molecular formula is C24H28N8O2. The first-order valence-electron chi connectivity index (χ1n) is 11.7. The summed E-state index contributed by atoms with van der Waals surface area (Å²) in [6, 6.07) is 2.16. The molecule has 1 saturated heterocycles. The van der Waals surface area contributed by atoms with Crippen LogP contribution < -0.4 is 11.0 Å². The fourth-order valence-electron chi connectivity index (χ4n) is 5.20. The average molecular weight is 461 g/mol. The first-order valence-corrected chi connectivity index (χ1v) is 11.7. The van der Waals surface area contributed by atoms with E-state index in [1.807, 2.05) is 30.8 Å². The van der Waals surface area contributed by atoms with Gasteiger partial charge in [-0.3, -0.25) is 18.8 Å². The Kier molecular flexibility index (Phi) is 4.80. The van der Waals surface area contributed by atoms with E-state index in [-0.39, 0.29) is 11.7 Å². The standard InChI is InChI=1S/C24H28N8O2/c1-15-8-18(16-9-27-30(2)12-16)25-10-19(15)28-22-26-11-20-21(29-22)32(23(33)31(20)3)17-4-6-24(7-5-17)13-34-14-24/h8-12,17H,4-7,13-14H2,1-3H3,(H,26,28,29). The van der Waals surface area contributed by atoms with Crippen molar-refractivity contribution in [3.63, 3.8) is 0 Å². The molecule has 0 bridgehead atoms. The van der Waals surface area contributed by atoms with E-state index in [1.165, 1.54) is 0 Å². The maximum Gasteiger partial charge on any atom is 0.330 e. The first kappa shape index (κ1) is 21.0. The van der Waals surface area contributed by atoms with E-state index in [2.05, 4.69) is 20.4 Å². The van der Waals surface area contributed by atoms with E-state index >= 15 is 0 Å². The summed E-state index contributed by atoms with van der Waals surface area (Å²) in [5.41, 5.74) is 5.37. The molecule has 0 atom stereocenters. The van der Waals surface area contributed by atoms with Crippen LogP contribution in [0.5, 0.6) is 0 Å². The highest BCUT2D eigenvalue weighted by Crippen LogP contribution is 2.45. The normalized spacial score (nSPS) is 17.9. The number of hydrogen-bond acceptors (Lipinski definition) is 7. The molecule has 0 radical (unpaired) electrons. The van der Waals surface area contributed by atoms with E-state index in [4.69, 9.17) is 9.72 Å². The number of aryl methyl sites for hydroxylation is 3. The molecule has 4 aromatic rings. The zero-order valence-corrected chi connectivity index (χ0v) is 19.7. The van der Waals surface area contributed by atoms with Crippen molar-refractivity contribution in [3.8, 4) is 11.3 Å². The lowest BCUT2D eigenvalue weighted by Crippen LogP contribution is -2.46. The van der Waals surface area contributed by atoms with Crippen molar-refractivity contribution in [2.24, 2.45) is 19.5 Å². The number of rotatable bonds is 4. The number of nitrogens with one attached hydrogen (secondary N) is 1. The smallest absolute Gasteiger partial charge is 0.330 e. The van der Waals surface area contributed by atoms with Crippen molar-refractivity contribution in [2.75, 3.05) is 18.5 Å². The minimum absolute atomic E-state index is 0.0362. The fraction of sp³-hybridized carbons (Fsp3) is 0.458. The van der Waals surface area contributed by atoms with Gasteiger partial charge in [0.2, 0.25) is 5.95 Å². The van der Waals surface area contributed by atoms with Gasteiger partial charge >= 0.3 is 5.69 Å². The summed E-state index contributed by atoms with van der Waals surface area (Å²) in [4.78, 5) is 27.0. The molecule has 2 aliphatic rings. The largest absolute Gasteiger partial charge is 0.380 e. The highest BCUT2D eigenvalue weighted by Gasteiger charge is 2.42. The second-order valence-electron chi connectivity index (χ2n) is 9.75. The summed E-state index contributed by atoms with van der Waals surface area (Å²) in [5, 5.41) is 7.51. The van der Waals surface area contributed by atoms with Crippen LogP contribution in [0.1, 0.15) is 37.3 Å². The zero-order chi connectivity index (χ0) is 23.4. The third-order valence-electron chi connectivity index (χ3n) is 7.39. The van der Waals surface area contributed by atoms with Gasteiger partial charge in [-0.2, -0.15) is 10.1 Å². The molecule has 10 heteroatoms. The third-order valence-corrected chi connectivity index (χ3v) is 7.39. The molecule has 2 fully saturated rings. The first-order chi connectivity index (χ1) is 16.4. The molecule has 10 nitrogen and oxygen atoms in total. The van der Waals surface area contributed by atoms with Crippen molar-refractivity contribution in [1.82, 2.24) is 33.9 Å². The number of imidazole rings is 1. The van der Waals surface area contributed by atoms with Gasteiger partial charge in [0, 0.05) is 37.3 Å². The van der Waals surface area contributed by atoms with Crippen molar-refractivity contribution in [3.05, 3.63) is 46.9 Å². The molecule has 34 heavy (non-hydrogen) atoms. The van der Waals surface area contributed by atoms with Crippen LogP contribution in [0.2, 0.25) is 0 Å². The lowest BCUT2D eigenvalue weighted by Gasteiger charge is -2.46. The summed E-state index contributed by atoms with van der Waals surface area (Å²) >= 11 is 0. The van der Waals surface area contributed by atoms with Gasteiger partial charge in [-0.1, -0.05) is 0 Å². The van der Waals surface area contributed by atoms with Gasteiger partial charge in [0.1, 0.15) is 5.52 Å². The SMILES string of the molecule is Cc1cc(-c2cnn(C)c2)ncc1Nc1ncc2c(n1)n(C1CCC3(CC1)COC3)c(=O)n2C. The number of ether oxygens (including phenoxy) is 1. The average Bonchev–Trinajstić information content (AvgIpc) is 3.35. The van der Waals surface area contributed by atoms with Crippen LogP contribution in [0.3, 0.4) is 0 Å². The molecule has 6 rings (SSSR count). The molecule has 5 heterocycles. The molecule has 1 N–H and O–H groups in total. The van der Waals surface area contributed by atoms with E-state index in [9.17, 15) is 4.79 Å². The highest BCUT2D eigenvalue weighted by molar-refractivity contribution is 5.73. The Morgan fingerprint density at radius 1 is 1.12 bits per heavy atom. The number of fused-ring (bicyclic) bond motifs is 1. The van der Waals surface area contributed by atoms with Crippen LogP contribution in [0.25, 0.3) is 22.4 Å². The molecule has 1 saturated carbocycles. The maximum atomic E-state index is 13.1. The Bertz CT molecular complexity index is 1440. The van der Waals surface area contributed by atoms with Crippen LogP contribution in [0.15, 0.2) is 35.6 Å². The molecule has 0 amide bonds. The third kappa shape index (κ3) is 3.40. The number of aromatic nitrogens is 7. The van der Waals surface area contributed by atoms with E-state index in [0.717, 1.165) is 66.9 Å². The fourth-order valence-corrected chi connectivity index (χ4v) is 5.20. The monoisotopic (exact) mass is 460 g/mol. The quantitative estimate of drug-likeness (QED) is 0.499. The van der Waals surface area contributed by atoms with Crippen LogP contribution in [0.4, 0.5) is 11.6 Å². The van der Waals surface area contributed by atoms with Gasteiger partial charge in [-0.05, 0) is 44.2 Å². The van der Waals surface area contributed by atoms with E-state index in [1.54, 1.807) is 34.9 Å². The lowest BCUT2D eigenvalue weighted by molar-refractivity contribution is -0.135. The number of anilines is 2. The van der Waals surface area contributed by atoms with Crippen LogP contribution >= 0.6 is 0 Å². The second kappa shape index (κ2) is 7.76. The predicted molar refractivity (Wildman–Crippen MR) is 128 cm³/mol. The zero-order valence-electron chi connectivity index (χ0n) is 19.7. The molecule has 0 unspecified atom stereocenters. The molecule has 4 aromatic heterocycles.